The van der Waals surface area contributed by atoms with Gasteiger partial charge in [0.25, 0.3) is 15.9 Å². The van der Waals surface area contributed by atoms with Crippen molar-refractivity contribution in [3.63, 3.8) is 0 Å². The normalized spacial score (nSPS) is 11.3. The molecule has 3 rings (SSSR count). The number of amides is 1. The van der Waals surface area contributed by atoms with E-state index < -0.39 is 10.0 Å². The number of anilines is 2. The maximum absolute atomic E-state index is 12.9. The number of sulfonamides is 1. The molecule has 0 unspecified atom stereocenters. The van der Waals surface area contributed by atoms with Crippen LogP contribution in [-0.4, -0.2) is 23.9 Å². The molecule has 0 atom stereocenters. The summed E-state index contributed by atoms with van der Waals surface area (Å²) in [5.41, 5.74) is 3.88. The molecule has 0 aliphatic rings. The third kappa shape index (κ3) is 4.20. The number of rotatable bonds is 5. The number of hydrogen-bond donors (Lipinski definition) is 2. The molecule has 1 heterocycles. The van der Waals surface area contributed by atoms with E-state index in [2.05, 4.69) is 19.6 Å². The molecular weight excluding hydrogens is 396 g/mol. The summed E-state index contributed by atoms with van der Waals surface area (Å²) in [6, 6.07) is 10.3. The Labute approximate surface area is 168 Å². The quantitative estimate of drug-likeness (QED) is 0.658. The van der Waals surface area contributed by atoms with Crippen LogP contribution in [0.25, 0.3) is 0 Å². The van der Waals surface area contributed by atoms with E-state index >= 15 is 0 Å². The Kier molecular flexibility index (Phi) is 5.48. The summed E-state index contributed by atoms with van der Waals surface area (Å²) < 4.78 is 32.2. The van der Waals surface area contributed by atoms with Crippen molar-refractivity contribution in [2.45, 2.75) is 32.6 Å². The third-order valence-corrected chi connectivity index (χ3v) is 6.55. The fourth-order valence-corrected chi connectivity index (χ4v) is 4.68. The third-order valence-electron chi connectivity index (χ3n) is 4.22. The number of nitrogens with one attached hydrogen (secondary N) is 2. The van der Waals surface area contributed by atoms with E-state index in [1.807, 2.05) is 26.0 Å². The van der Waals surface area contributed by atoms with Gasteiger partial charge in [0.05, 0.1) is 16.3 Å². The zero-order chi connectivity index (χ0) is 20.5. The van der Waals surface area contributed by atoms with E-state index in [4.69, 9.17) is 0 Å². The molecule has 1 amide bonds. The van der Waals surface area contributed by atoms with Crippen molar-refractivity contribution in [2.75, 3.05) is 10.0 Å². The van der Waals surface area contributed by atoms with E-state index in [9.17, 15) is 13.2 Å². The molecule has 0 fully saturated rings. The first-order valence-electron chi connectivity index (χ1n) is 8.48. The fourth-order valence-electron chi connectivity index (χ4n) is 2.72. The summed E-state index contributed by atoms with van der Waals surface area (Å²) >= 11 is 0.991. The second-order valence-corrected chi connectivity index (χ2v) is 8.95. The van der Waals surface area contributed by atoms with Crippen LogP contribution < -0.4 is 10.0 Å². The highest BCUT2D eigenvalue weighted by molar-refractivity contribution is 7.92. The predicted molar refractivity (Wildman–Crippen MR) is 111 cm³/mol. The predicted octanol–water partition coefficient (Wildman–Crippen LogP) is 3.82. The van der Waals surface area contributed by atoms with Crippen LogP contribution in [0.2, 0.25) is 0 Å². The van der Waals surface area contributed by atoms with E-state index in [1.165, 1.54) is 6.07 Å². The van der Waals surface area contributed by atoms with Crippen molar-refractivity contribution in [3.05, 3.63) is 63.7 Å². The highest BCUT2D eigenvalue weighted by Gasteiger charge is 2.20. The Morgan fingerprint density at radius 2 is 1.75 bits per heavy atom. The molecule has 0 aliphatic carbocycles. The van der Waals surface area contributed by atoms with Gasteiger partial charge in [0.15, 0.2) is 0 Å². The number of aryl methyl sites for hydroxylation is 4. The van der Waals surface area contributed by atoms with Gasteiger partial charge in [-0.25, -0.2) is 8.42 Å². The average Bonchev–Trinajstić information content (AvgIpc) is 3.05. The number of nitrogens with zero attached hydrogens (tertiary/aromatic N) is 2. The number of aromatic nitrogens is 2. The van der Waals surface area contributed by atoms with E-state index in [1.54, 1.807) is 32.0 Å². The largest absolute Gasteiger partial charge is 0.321 e. The first-order valence-corrected chi connectivity index (χ1v) is 10.7. The van der Waals surface area contributed by atoms with E-state index in [-0.39, 0.29) is 10.8 Å². The molecule has 0 radical (unpaired) electrons. The molecule has 0 bridgehead atoms. The van der Waals surface area contributed by atoms with Gasteiger partial charge in [0, 0.05) is 5.69 Å². The molecule has 0 saturated heterocycles. The van der Waals surface area contributed by atoms with Crippen LogP contribution in [0, 0.1) is 27.7 Å². The average molecular weight is 417 g/mol. The van der Waals surface area contributed by atoms with Gasteiger partial charge >= 0.3 is 0 Å². The van der Waals surface area contributed by atoms with Crippen LogP contribution in [-0.2, 0) is 10.0 Å². The lowest BCUT2D eigenvalue weighted by molar-refractivity contribution is 0.102. The molecular formula is C19H20N4O3S2. The van der Waals surface area contributed by atoms with Gasteiger partial charge < -0.3 is 5.32 Å². The monoisotopic (exact) mass is 416 g/mol. The molecule has 0 aliphatic heterocycles. The van der Waals surface area contributed by atoms with Crippen LogP contribution in [0.5, 0.6) is 0 Å². The van der Waals surface area contributed by atoms with Crippen LogP contribution in [0.4, 0.5) is 11.4 Å². The van der Waals surface area contributed by atoms with Gasteiger partial charge in [-0.2, -0.15) is 0 Å². The Balaban J connectivity index is 1.90. The summed E-state index contributed by atoms with van der Waals surface area (Å²) in [4.78, 5) is 12.9. The topological polar surface area (TPSA) is 101 Å². The minimum atomic E-state index is -3.82. The van der Waals surface area contributed by atoms with Gasteiger partial charge in [-0.15, -0.1) is 5.10 Å². The molecule has 2 aromatic carbocycles. The summed E-state index contributed by atoms with van der Waals surface area (Å²) in [5.74, 6) is -0.373. The van der Waals surface area contributed by atoms with Crippen LogP contribution in [0.1, 0.15) is 32.1 Å². The zero-order valence-corrected chi connectivity index (χ0v) is 17.5. The van der Waals surface area contributed by atoms with Gasteiger partial charge in [0.2, 0.25) is 0 Å². The lowest BCUT2D eigenvalue weighted by Gasteiger charge is -2.14. The van der Waals surface area contributed by atoms with Crippen molar-refractivity contribution in [1.29, 1.82) is 0 Å². The Morgan fingerprint density at radius 3 is 2.39 bits per heavy atom. The SMILES string of the molecule is Cc1ccc(NS(=O)(=O)c2cc(NC(=O)c3snnc3C)ccc2C)c(C)c1. The van der Waals surface area contributed by atoms with Crippen molar-refractivity contribution in [1.82, 2.24) is 9.59 Å². The molecule has 7 nitrogen and oxygen atoms in total. The van der Waals surface area contributed by atoms with Crippen molar-refractivity contribution < 1.29 is 13.2 Å². The van der Waals surface area contributed by atoms with Gasteiger partial charge in [0.1, 0.15) is 4.88 Å². The molecule has 0 saturated carbocycles. The number of carbonyl (C=O) groups excluding carboxylic acids is 1. The summed E-state index contributed by atoms with van der Waals surface area (Å²) in [6.07, 6.45) is 0. The van der Waals surface area contributed by atoms with Crippen molar-refractivity contribution >= 4 is 38.8 Å². The highest BCUT2D eigenvalue weighted by Crippen LogP contribution is 2.25. The maximum atomic E-state index is 12.9. The molecule has 3 aromatic rings. The van der Waals surface area contributed by atoms with E-state index in [0.29, 0.717) is 27.5 Å². The fraction of sp³-hybridized carbons (Fsp3) is 0.211. The minimum Gasteiger partial charge on any atom is -0.321 e. The van der Waals surface area contributed by atoms with Crippen molar-refractivity contribution in [3.8, 4) is 0 Å². The molecule has 1 aromatic heterocycles. The second kappa shape index (κ2) is 7.69. The lowest BCUT2D eigenvalue weighted by atomic mass is 10.1. The Bertz CT molecular complexity index is 1150. The summed E-state index contributed by atoms with van der Waals surface area (Å²) in [7, 11) is -3.82. The molecule has 2 N–H and O–H groups in total. The highest BCUT2D eigenvalue weighted by atomic mass is 32.2. The Hall–Kier alpha value is -2.78. The first kappa shape index (κ1) is 20.0. The second-order valence-electron chi connectivity index (χ2n) is 6.55. The summed E-state index contributed by atoms with van der Waals surface area (Å²) in [6.45, 7) is 7.19. The van der Waals surface area contributed by atoms with Crippen LogP contribution >= 0.6 is 11.5 Å². The van der Waals surface area contributed by atoms with Gasteiger partial charge in [-0.1, -0.05) is 28.3 Å². The van der Waals surface area contributed by atoms with Crippen molar-refractivity contribution in [2.24, 2.45) is 0 Å². The number of carbonyl (C=O) groups is 1. The zero-order valence-electron chi connectivity index (χ0n) is 15.9. The van der Waals surface area contributed by atoms with E-state index in [0.717, 1.165) is 22.7 Å². The van der Waals surface area contributed by atoms with Crippen LogP contribution in [0.15, 0.2) is 41.3 Å². The Morgan fingerprint density at radius 1 is 1.00 bits per heavy atom. The minimum absolute atomic E-state index is 0.101. The molecule has 146 valence electrons. The standard InChI is InChI=1S/C19H20N4O3S2/c1-11-5-8-16(13(3)9-11)22-28(25,26)17-10-15(7-6-12(17)2)20-19(24)18-14(4)21-23-27-18/h5-10,22H,1-4H3,(H,20,24). The van der Waals surface area contributed by atoms with Gasteiger partial charge in [-0.05, 0) is 68.6 Å². The maximum Gasteiger partial charge on any atom is 0.269 e. The summed E-state index contributed by atoms with van der Waals surface area (Å²) in [5, 5.41) is 6.52. The van der Waals surface area contributed by atoms with Crippen LogP contribution in [0.3, 0.4) is 0 Å². The molecule has 28 heavy (non-hydrogen) atoms. The lowest BCUT2D eigenvalue weighted by Crippen LogP contribution is -2.16. The number of hydrogen-bond acceptors (Lipinski definition) is 6. The number of benzene rings is 2. The molecule has 0 spiro atoms. The smallest absolute Gasteiger partial charge is 0.269 e. The first-order chi connectivity index (χ1) is 13.2. The van der Waals surface area contributed by atoms with Gasteiger partial charge in [-0.3, -0.25) is 9.52 Å². The molecule has 9 heteroatoms.